The highest BCUT2D eigenvalue weighted by Crippen LogP contribution is 2.27. The molecule has 0 aliphatic rings. The minimum Gasteiger partial charge on any atom is -0.493 e. The number of para-hydroxylation sites is 1. The summed E-state index contributed by atoms with van der Waals surface area (Å²) in [5.41, 5.74) is 7.09. The zero-order valence-corrected chi connectivity index (χ0v) is 21.3. The van der Waals surface area contributed by atoms with Gasteiger partial charge < -0.3 is 20.1 Å². The maximum Gasteiger partial charge on any atom is 0.329 e. The van der Waals surface area contributed by atoms with E-state index in [0.717, 1.165) is 28.8 Å². The first kappa shape index (κ1) is 26.9. The van der Waals surface area contributed by atoms with E-state index in [1.165, 1.54) is 13.3 Å². The Balaban J connectivity index is 1.54. The first-order valence-electron chi connectivity index (χ1n) is 11.7. The number of benzene rings is 3. The van der Waals surface area contributed by atoms with Crippen LogP contribution in [-0.4, -0.2) is 37.7 Å². The highest BCUT2D eigenvalue weighted by atomic mass is 16.5. The van der Waals surface area contributed by atoms with Gasteiger partial charge in [0.05, 0.1) is 13.3 Å². The summed E-state index contributed by atoms with van der Waals surface area (Å²) >= 11 is 0. The maximum absolute atomic E-state index is 12.3. The van der Waals surface area contributed by atoms with Crippen LogP contribution in [0, 0.1) is 13.8 Å². The van der Waals surface area contributed by atoms with E-state index in [1.54, 1.807) is 30.3 Å². The molecular formula is C28H30N4O5. The van der Waals surface area contributed by atoms with Crippen LogP contribution in [-0.2, 0) is 20.8 Å². The Bertz CT molecular complexity index is 1320. The van der Waals surface area contributed by atoms with Crippen LogP contribution in [0.5, 0.6) is 11.5 Å². The SMILES string of the molecule is CCc1ccccc1NC(=O)C(=O)N/N=C\c1ccc(OCC(=O)Nc2ccc(C)cc2C)c(OC)c1. The summed E-state index contributed by atoms with van der Waals surface area (Å²) in [7, 11) is 1.47. The molecule has 37 heavy (non-hydrogen) atoms. The summed E-state index contributed by atoms with van der Waals surface area (Å²) in [6.07, 6.45) is 2.08. The largest absolute Gasteiger partial charge is 0.493 e. The number of methoxy groups -OCH3 is 1. The van der Waals surface area contributed by atoms with Gasteiger partial charge in [0, 0.05) is 11.4 Å². The number of amides is 3. The van der Waals surface area contributed by atoms with Crippen LogP contribution in [0.2, 0.25) is 0 Å². The van der Waals surface area contributed by atoms with Gasteiger partial charge in [-0.3, -0.25) is 14.4 Å². The van der Waals surface area contributed by atoms with Crippen molar-refractivity contribution in [3.8, 4) is 11.5 Å². The Morgan fingerprint density at radius 3 is 2.41 bits per heavy atom. The van der Waals surface area contributed by atoms with Crippen LogP contribution in [0.1, 0.15) is 29.2 Å². The molecular weight excluding hydrogens is 472 g/mol. The Morgan fingerprint density at radius 2 is 1.68 bits per heavy atom. The number of hydrogen-bond donors (Lipinski definition) is 3. The van der Waals surface area contributed by atoms with Crippen molar-refractivity contribution >= 4 is 35.3 Å². The van der Waals surface area contributed by atoms with Crippen LogP contribution in [0.25, 0.3) is 0 Å². The van der Waals surface area contributed by atoms with Gasteiger partial charge in [0.2, 0.25) is 0 Å². The van der Waals surface area contributed by atoms with E-state index >= 15 is 0 Å². The van der Waals surface area contributed by atoms with Crippen LogP contribution < -0.4 is 25.5 Å². The lowest BCUT2D eigenvalue weighted by molar-refractivity contribution is -0.136. The lowest BCUT2D eigenvalue weighted by Gasteiger charge is -2.12. The Labute approximate surface area is 215 Å². The van der Waals surface area contributed by atoms with Crippen molar-refractivity contribution in [1.29, 1.82) is 0 Å². The van der Waals surface area contributed by atoms with E-state index in [-0.39, 0.29) is 12.5 Å². The molecule has 0 spiro atoms. The third kappa shape index (κ3) is 7.66. The Kier molecular flexibility index (Phi) is 9.37. The van der Waals surface area contributed by atoms with Gasteiger partial charge in [0.25, 0.3) is 5.91 Å². The fraction of sp³-hybridized carbons (Fsp3) is 0.214. The molecule has 0 fully saturated rings. The Hall–Kier alpha value is -4.66. The predicted molar refractivity (Wildman–Crippen MR) is 143 cm³/mol. The number of rotatable bonds is 9. The highest BCUT2D eigenvalue weighted by molar-refractivity contribution is 6.39. The van der Waals surface area contributed by atoms with Gasteiger partial charge >= 0.3 is 11.8 Å². The fourth-order valence-corrected chi connectivity index (χ4v) is 3.51. The fourth-order valence-electron chi connectivity index (χ4n) is 3.51. The lowest BCUT2D eigenvalue weighted by Crippen LogP contribution is -2.32. The molecule has 0 saturated heterocycles. The molecule has 3 amide bonds. The normalized spacial score (nSPS) is 10.6. The first-order chi connectivity index (χ1) is 17.8. The second kappa shape index (κ2) is 12.9. The zero-order valence-electron chi connectivity index (χ0n) is 21.3. The summed E-state index contributed by atoms with van der Waals surface area (Å²) in [6, 6.07) is 17.9. The monoisotopic (exact) mass is 502 g/mol. The molecule has 3 rings (SSSR count). The summed E-state index contributed by atoms with van der Waals surface area (Å²) in [5, 5.41) is 9.25. The highest BCUT2D eigenvalue weighted by Gasteiger charge is 2.14. The van der Waals surface area contributed by atoms with Gasteiger partial charge in [0.15, 0.2) is 18.1 Å². The minimum absolute atomic E-state index is 0.205. The third-order valence-corrected chi connectivity index (χ3v) is 5.43. The number of carbonyl (C=O) groups excluding carboxylic acids is 3. The van der Waals surface area contributed by atoms with Gasteiger partial charge in [-0.05, 0) is 67.3 Å². The Morgan fingerprint density at radius 1 is 0.892 bits per heavy atom. The average molecular weight is 503 g/mol. The van der Waals surface area contributed by atoms with E-state index in [0.29, 0.717) is 22.7 Å². The molecule has 0 radical (unpaired) electrons. The van der Waals surface area contributed by atoms with Crippen molar-refractivity contribution in [3.63, 3.8) is 0 Å². The number of ether oxygens (including phenoxy) is 2. The number of hydrazone groups is 1. The molecule has 0 heterocycles. The van der Waals surface area contributed by atoms with Crippen LogP contribution >= 0.6 is 0 Å². The van der Waals surface area contributed by atoms with Gasteiger partial charge in [-0.15, -0.1) is 0 Å². The smallest absolute Gasteiger partial charge is 0.329 e. The van der Waals surface area contributed by atoms with Gasteiger partial charge in [0.1, 0.15) is 0 Å². The van der Waals surface area contributed by atoms with Crippen LogP contribution in [0.3, 0.4) is 0 Å². The summed E-state index contributed by atoms with van der Waals surface area (Å²) in [5.74, 6) is -1.28. The quantitative estimate of drug-likeness (QED) is 0.232. The molecule has 192 valence electrons. The second-order valence-corrected chi connectivity index (χ2v) is 8.23. The van der Waals surface area contributed by atoms with E-state index in [2.05, 4.69) is 21.2 Å². The first-order valence-corrected chi connectivity index (χ1v) is 11.7. The summed E-state index contributed by atoms with van der Waals surface area (Å²) < 4.78 is 11.0. The van der Waals surface area contributed by atoms with Crippen LogP contribution in [0.15, 0.2) is 65.8 Å². The summed E-state index contributed by atoms with van der Waals surface area (Å²) in [4.78, 5) is 36.6. The van der Waals surface area contributed by atoms with E-state index in [4.69, 9.17) is 9.47 Å². The molecule has 3 N–H and O–H groups in total. The number of anilines is 2. The standard InChI is InChI=1S/C28H30N4O5/c1-5-21-8-6-7-9-23(21)31-27(34)28(35)32-29-16-20-11-13-24(25(15-20)36-4)37-17-26(33)30-22-12-10-18(2)14-19(22)3/h6-16H,5,17H2,1-4H3,(H,30,33)(H,31,34)(H,32,35)/b29-16-. The molecule has 9 heteroatoms. The molecule has 9 nitrogen and oxygen atoms in total. The number of hydrogen-bond acceptors (Lipinski definition) is 6. The molecule has 0 aromatic heterocycles. The van der Waals surface area contributed by atoms with Crippen molar-refractivity contribution in [2.75, 3.05) is 24.4 Å². The van der Waals surface area contributed by atoms with E-state index < -0.39 is 11.8 Å². The second-order valence-electron chi connectivity index (χ2n) is 8.23. The zero-order chi connectivity index (χ0) is 26.8. The minimum atomic E-state index is -0.899. The lowest BCUT2D eigenvalue weighted by atomic mass is 10.1. The molecule has 0 bridgehead atoms. The van der Waals surface area contributed by atoms with Gasteiger partial charge in [-0.25, -0.2) is 5.43 Å². The molecule has 0 atom stereocenters. The number of carbonyl (C=O) groups is 3. The van der Waals surface area contributed by atoms with Crippen molar-refractivity contribution < 1.29 is 23.9 Å². The van der Waals surface area contributed by atoms with Gasteiger partial charge in [-0.1, -0.05) is 42.8 Å². The van der Waals surface area contributed by atoms with E-state index in [9.17, 15) is 14.4 Å². The van der Waals surface area contributed by atoms with Crippen LogP contribution in [0.4, 0.5) is 11.4 Å². The van der Waals surface area contributed by atoms with Crippen molar-refractivity contribution in [3.05, 3.63) is 82.9 Å². The third-order valence-electron chi connectivity index (χ3n) is 5.43. The molecule has 0 aliphatic carbocycles. The van der Waals surface area contributed by atoms with Crippen molar-refractivity contribution in [2.24, 2.45) is 5.10 Å². The summed E-state index contributed by atoms with van der Waals surface area (Å²) in [6.45, 7) is 5.67. The number of aryl methyl sites for hydroxylation is 3. The topological polar surface area (TPSA) is 118 Å². The molecule has 0 unspecified atom stereocenters. The van der Waals surface area contributed by atoms with Gasteiger partial charge in [-0.2, -0.15) is 5.10 Å². The van der Waals surface area contributed by atoms with E-state index in [1.807, 2.05) is 51.1 Å². The predicted octanol–water partition coefficient (Wildman–Crippen LogP) is 3.98. The average Bonchev–Trinajstić information content (AvgIpc) is 2.89. The van der Waals surface area contributed by atoms with Crippen molar-refractivity contribution in [2.45, 2.75) is 27.2 Å². The van der Waals surface area contributed by atoms with Crippen molar-refractivity contribution in [1.82, 2.24) is 5.43 Å². The molecule has 0 aliphatic heterocycles. The maximum atomic E-state index is 12.3. The molecule has 0 saturated carbocycles. The number of nitrogens with zero attached hydrogens (tertiary/aromatic N) is 1. The molecule has 3 aromatic carbocycles. The molecule has 3 aromatic rings. The number of nitrogens with one attached hydrogen (secondary N) is 3.